The van der Waals surface area contributed by atoms with E-state index >= 15 is 0 Å². The molecular weight excluding hydrogens is 491 g/mol. The molecule has 10 nitrogen and oxygen atoms in total. The molecule has 1 atom stereocenters. The Kier molecular flexibility index (Phi) is 8.24. The Bertz CT molecular complexity index is 1020. The number of likely N-dealkylation sites (N-methyl/N-ethyl adjacent to an activating group) is 1. The summed E-state index contributed by atoms with van der Waals surface area (Å²) < 4.78 is 42.3. The second kappa shape index (κ2) is 11.2. The van der Waals surface area contributed by atoms with Crippen molar-refractivity contribution in [3.63, 3.8) is 0 Å². The zero-order valence-corrected chi connectivity index (χ0v) is 20.8. The normalized spacial score (nSPS) is 28.8. The van der Waals surface area contributed by atoms with Gasteiger partial charge in [-0.2, -0.15) is 0 Å². The van der Waals surface area contributed by atoms with Crippen LogP contribution in [0.4, 0.5) is 13.2 Å². The van der Waals surface area contributed by atoms with Gasteiger partial charge in [0.2, 0.25) is 0 Å². The molecule has 204 valence electrons. The van der Waals surface area contributed by atoms with E-state index in [1.807, 2.05) is 0 Å². The van der Waals surface area contributed by atoms with Gasteiger partial charge < -0.3 is 20.3 Å². The highest BCUT2D eigenvalue weighted by molar-refractivity contribution is 5.83. The van der Waals surface area contributed by atoms with E-state index in [2.05, 4.69) is 37.2 Å². The fraction of sp³-hybridized carbons (Fsp3) is 0.625. The Hall–Kier alpha value is -2.90. The van der Waals surface area contributed by atoms with Gasteiger partial charge in [0.05, 0.1) is 17.7 Å². The first-order chi connectivity index (χ1) is 17.5. The molecule has 4 N–H and O–H groups in total. The van der Waals surface area contributed by atoms with Gasteiger partial charge in [-0.05, 0) is 51.1 Å². The summed E-state index contributed by atoms with van der Waals surface area (Å²) in [6, 6.07) is 6.23. The second-order valence-electron chi connectivity index (χ2n) is 10.1. The van der Waals surface area contributed by atoms with Crippen molar-refractivity contribution < 1.29 is 22.8 Å². The average Bonchev–Trinajstić information content (AvgIpc) is 2.83. The molecule has 37 heavy (non-hydrogen) atoms. The number of benzene rings is 1. The Morgan fingerprint density at radius 3 is 2.51 bits per heavy atom. The zero-order chi connectivity index (χ0) is 26.6. The van der Waals surface area contributed by atoms with Gasteiger partial charge in [-0.1, -0.05) is 18.2 Å². The monoisotopic (exact) mass is 525 g/mol. The van der Waals surface area contributed by atoms with Crippen molar-refractivity contribution in [2.24, 2.45) is 16.6 Å². The molecule has 0 spiro atoms. The number of hydrogen-bond acceptors (Lipinski definition) is 7. The van der Waals surface area contributed by atoms with Crippen LogP contribution in [-0.2, 0) is 6.54 Å². The third-order valence-corrected chi connectivity index (χ3v) is 7.43. The largest absolute Gasteiger partial charge is 0.573 e. The number of piperazine rings is 1. The molecule has 1 unspecified atom stereocenters. The average molecular weight is 526 g/mol. The number of ether oxygens (including phenoxy) is 1. The van der Waals surface area contributed by atoms with Crippen LogP contribution in [-0.4, -0.2) is 72.0 Å². The summed E-state index contributed by atoms with van der Waals surface area (Å²) in [5.41, 5.74) is 5.12. The molecule has 1 saturated heterocycles. The lowest BCUT2D eigenvalue weighted by molar-refractivity contribution is -0.437. The predicted molar refractivity (Wildman–Crippen MR) is 132 cm³/mol. The summed E-state index contributed by atoms with van der Waals surface area (Å²) >= 11 is 0. The van der Waals surface area contributed by atoms with Crippen molar-refractivity contribution in [1.82, 2.24) is 20.4 Å². The number of nitro groups is 1. The van der Waals surface area contributed by atoms with Crippen LogP contribution in [0.3, 0.4) is 0 Å². The molecule has 2 aliphatic heterocycles. The quantitative estimate of drug-likeness (QED) is 0.367. The first kappa shape index (κ1) is 27.1. The standard InChI is InChI=1S/C24H34F3N7O3/c1-32-10-12-33(13-11-32)19-8-6-17(7-9-19)14-23(28)21(34(35)36)16-30-22(31-23)29-15-18-4-2-3-5-20(18)37-24(25,26)27/h2-5,16-17,19H,6-15,28H2,1H3,(H2,29,30,31). The number of nitrogens with two attached hydrogens (primary N) is 1. The molecule has 4 rings (SSSR count). The van der Waals surface area contributed by atoms with Gasteiger partial charge in [0.25, 0.3) is 0 Å². The molecule has 3 aliphatic rings. The maximum absolute atomic E-state index is 12.7. The maximum atomic E-state index is 12.7. The van der Waals surface area contributed by atoms with Gasteiger partial charge >= 0.3 is 12.1 Å². The Morgan fingerprint density at radius 2 is 1.86 bits per heavy atom. The van der Waals surface area contributed by atoms with Crippen molar-refractivity contribution in [3.8, 4) is 5.75 Å². The first-order valence-electron chi connectivity index (χ1n) is 12.5. The molecule has 1 aliphatic carbocycles. The lowest BCUT2D eigenvalue weighted by Crippen LogP contribution is -2.64. The maximum Gasteiger partial charge on any atom is 0.573 e. The van der Waals surface area contributed by atoms with Gasteiger partial charge in [-0.3, -0.25) is 20.7 Å². The molecule has 0 aromatic heterocycles. The number of guanidine groups is 1. The third-order valence-electron chi connectivity index (χ3n) is 7.43. The van der Waals surface area contributed by atoms with Crippen molar-refractivity contribution in [2.75, 3.05) is 33.2 Å². The van der Waals surface area contributed by atoms with Crippen LogP contribution in [0.5, 0.6) is 5.75 Å². The Balaban J connectivity index is 1.40. The van der Waals surface area contributed by atoms with Crippen molar-refractivity contribution in [3.05, 3.63) is 51.8 Å². The van der Waals surface area contributed by atoms with Gasteiger partial charge in [0.1, 0.15) is 5.75 Å². The number of aliphatic imine (C=N–C) groups is 1. The summed E-state index contributed by atoms with van der Waals surface area (Å²) in [5, 5.41) is 17.4. The van der Waals surface area contributed by atoms with Crippen LogP contribution >= 0.6 is 0 Å². The van der Waals surface area contributed by atoms with E-state index in [9.17, 15) is 23.3 Å². The molecule has 1 saturated carbocycles. The summed E-state index contributed by atoms with van der Waals surface area (Å²) in [7, 11) is 2.13. The number of rotatable bonds is 7. The van der Waals surface area contributed by atoms with Gasteiger partial charge in [-0.15, -0.1) is 13.2 Å². The first-order valence-corrected chi connectivity index (χ1v) is 12.5. The van der Waals surface area contributed by atoms with E-state index < -0.39 is 16.9 Å². The molecule has 2 heterocycles. The highest BCUT2D eigenvalue weighted by Crippen LogP contribution is 2.35. The van der Waals surface area contributed by atoms with Crippen LogP contribution in [0.1, 0.15) is 37.7 Å². The minimum atomic E-state index is -4.83. The number of hydrogen-bond donors (Lipinski definition) is 3. The fourth-order valence-electron chi connectivity index (χ4n) is 5.41. The minimum absolute atomic E-state index is 0.143. The number of para-hydroxylation sites is 1. The Labute approximate surface area is 213 Å². The number of nitrogens with one attached hydrogen (secondary N) is 2. The molecular formula is C24H34F3N7O3. The summed E-state index contributed by atoms with van der Waals surface area (Å²) in [5.74, 6) is -0.00124. The fourth-order valence-corrected chi connectivity index (χ4v) is 5.41. The van der Waals surface area contributed by atoms with Crippen LogP contribution in [0.25, 0.3) is 0 Å². The molecule has 0 amide bonds. The zero-order valence-electron chi connectivity index (χ0n) is 20.8. The van der Waals surface area contributed by atoms with Crippen molar-refractivity contribution in [2.45, 2.75) is 56.7 Å². The number of nitrogens with zero attached hydrogens (tertiary/aromatic N) is 4. The van der Waals surface area contributed by atoms with E-state index in [0.29, 0.717) is 12.5 Å². The van der Waals surface area contributed by atoms with Crippen LogP contribution in [0.2, 0.25) is 0 Å². The number of alkyl halides is 3. The number of halogens is 3. The van der Waals surface area contributed by atoms with Gasteiger partial charge in [0.15, 0.2) is 11.6 Å². The molecule has 2 fully saturated rings. The van der Waals surface area contributed by atoms with E-state index in [1.54, 1.807) is 6.07 Å². The summed E-state index contributed by atoms with van der Waals surface area (Å²) in [6.07, 6.45) is 0.625. The lowest BCUT2D eigenvalue weighted by Gasteiger charge is -2.42. The van der Waals surface area contributed by atoms with E-state index in [4.69, 9.17) is 5.73 Å². The molecule has 1 aromatic rings. The SMILES string of the molecule is CN1CCN(C2CCC(CC3(N)NC(=NCc4ccccc4OC(F)(F)F)NC=C3[N+](=O)[O-])CC2)CC1. The third kappa shape index (κ3) is 7.11. The molecule has 0 radical (unpaired) electrons. The lowest BCUT2D eigenvalue weighted by atomic mass is 9.79. The predicted octanol–water partition coefficient (Wildman–Crippen LogP) is 2.60. The highest BCUT2D eigenvalue weighted by atomic mass is 19.4. The van der Waals surface area contributed by atoms with Gasteiger partial charge in [0, 0.05) is 37.8 Å². The smallest absolute Gasteiger partial charge is 0.405 e. The van der Waals surface area contributed by atoms with Crippen LogP contribution in [0.15, 0.2) is 41.2 Å². The van der Waals surface area contributed by atoms with E-state index in [1.165, 1.54) is 24.4 Å². The topological polar surface area (TPSA) is 121 Å². The highest BCUT2D eigenvalue weighted by Gasteiger charge is 2.45. The van der Waals surface area contributed by atoms with Crippen molar-refractivity contribution >= 4 is 5.96 Å². The van der Waals surface area contributed by atoms with Crippen LogP contribution < -0.4 is 21.1 Å². The van der Waals surface area contributed by atoms with Crippen molar-refractivity contribution in [1.29, 1.82) is 0 Å². The summed E-state index contributed by atoms with van der Waals surface area (Å²) in [4.78, 5) is 20.4. The Morgan fingerprint density at radius 1 is 1.19 bits per heavy atom. The summed E-state index contributed by atoms with van der Waals surface area (Å²) in [6.45, 7) is 4.11. The molecule has 0 bridgehead atoms. The second-order valence-corrected chi connectivity index (χ2v) is 10.1. The molecule has 1 aromatic carbocycles. The van der Waals surface area contributed by atoms with Crippen LogP contribution in [0, 0.1) is 16.0 Å². The minimum Gasteiger partial charge on any atom is -0.405 e. The van der Waals surface area contributed by atoms with E-state index in [-0.39, 0.29) is 35.4 Å². The van der Waals surface area contributed by atoms with E-state index in [0.717, 1.165) is 51.9 Å². The molecule has 13 heteroatoms. The van der Waals surface area contributed by atoms with Gasteiger partial charge in [-0.25, -0.2) is 4.99 Å².